The van der Waals surface area contributed by atoms with E-state index >= 15 is 0 Å². The Hall–Kier alpha value is -1.80. The molecule has 0 saturated carbocycles. The van der Waals surface area contributed by atoms with Gasteiger partial charge in [-0.1, -0.05) is 286 Å². The number of unbranched alkanes of at least 4 members (excludes halogenated alkanes) is 34. The highest BCUT2D eigenvalue weighted by atomic mass is 31.2. The number of amides is 1. The number of nitrogens with zero attached hydrogens (tertiary/aromatic N) is 1. The summed E-state index contributed by atoms with van der Waals surface area (Å²) in [6, 6.07) is -0.768. The predicted octanol–water partition coefficient (Wildman–Crippen LogP) is 19.3. The van der Waals surface area contributed by atoms with Gasteiger partial charge in [-0.3, -0.25) is 13.8 Å². The topological polar surface area (TPSA) is 105 Å². The lowest BCUT2D eigenvalue weighted by Gasteiger charge is -2.26. The fourth-order valence-corrected chi connectivity index (χ4v) is 9.93. The minimum atomic E-state index is -4.33. The Morgan fingerprint density at radius 2 is 0.822 bits per heavy atom. The van der Waals surface area contributed by atoms with Crippen molar-refractivity contribution in [2.24, 2.45) is 0 Å². The van der Waals surface area contributed by atoms with Crippen molar-refractivity contribution < 1.29 is 32.9 Å². The van der Waals surface area contributed by atoms with Crippen LogP contribution in [0.2, 0.25) is 0 Å². The smallest absolute Gasteiger partial charge is 0.391 e. The van der Waals surface area contributed by atoms with Gasteiger partial charge in [0.25, 0.3) is 0 Å². The van der Waals surface area contributed by atoms with E-state index in [9.17, 15) is 19.4 Å². The largest absolute Gasteiger partial charge is 0.472 e. The molecule has 0 aliphatic heterocycles. The number of nitrogens with one attached hydrogen (secondary N) is 1. The van der Waals surface area contributed by atoms with Crippen LogP contribution in [0.5, 0.6) is 0 Å². The van der Waals surface area contributed by atoms with Crippen LogP contribution in [0.1, 0.15) is 290 Å². The fraction of sp³-hybridized carbons (Fsp3) is 0.828. The average molecular weight is 1050 g/mol. The molecular formula is C64H122N2O6P+. The summed E-state index contributed by atoms with van der Waals surface area (Å²) >= 11 is 0. The van der Waals surface area contributed by atoms with E-state index in [0.717, 1.165) is 77.0 Å². The quantitative estimate of drug-likeness (QED) is 0.0243. The molecular weight excluding hydrogens is 924 g/mol. The van der Waals surface area contributed by atoms with Crippen LogP contribution in [-0.4, -0.2) is 73.4 Å². The zero-order valence-electron chi connectivity index (χ0n) is 48.9. The normalized spacial score (nSPS) is 14.2. The molecule has 3 N–H and O–H groups in total. The lowest BCUT2D eigenvalue weighted by atomic mass is 10.0. The molecule has 0 bridgehead atoms. The standard InChI is InChI=1S/C64H121N2O6P/c1-6-8-10-12-14-16-18-20-22-24-26-28-30-32-34-35-37-39-41-43-45-47-49-51-53-55-57-63(67)62(61-72-73(69,70)71-60-59-66(3,4)5)65-64(68)58-56-54-52-50-48-46-44-42-40-38-36-33-31-29-27-25-23-21-19-17-15-13-11-9-7-2/h9,11,15,17,21,23,27,29,33,36,62-63,67H,6-8,10,12-14,16,18-20,22,24-26,28,30-32,34-35,37-61H2,1-5H3,(H-,65,68,69,70)/p+1/b11-9-,17-15-,23-21-,29-27-,36-33-. The van der Waals surface area contributed by atoms with Gasteiger partial charge in [0.2, 0.25) is 5.91 Å². The number of hydrogen-bond acceptors (Lipinski definition) is 5. The summed E-state index contributed by atoms with van der Waals surface area (Å²) in [7, 11) is 1.61. The van der Waals surface area contributed by atoms with Crippen molar-refractivity contribution in [3.63, 3.8) is 0 Å². The maximum absolute atomic E-state index is 13.0. The minimum Gasteiger partial charge on any atom is -0.391 e. The molecule has 0 aliphatic rings. The van der Waals surface area contributed by atoms with Crippen LogP contribution in [0.3, 0.4) is 0 Å². The van der Waals surface area contributed by atoms with Gasteiger partial charge in [-0.05, 0) is 57.8 Å². The van der Waals surface area contributed by atoms with Crippen LogP contribution in [0.25, 0.3) is 0 Å². The Balaban J connectivity index is 4.14. The van der Waals surface area contributed by atoms with Gasteiger partial charge in [-0.25, -0.2) is 4.57 Å². The minimum absolute atomic E-state index is 0.0717. The number of aliphatic hydroxyl groups excluding tert-OH is 1. The summed E-state index contributed by atoms with van der Waals surface area (Å²) in [5.74, 6) is -0.149. The molecule has 73 heavy (non-hydrogen) atoms. The molecule has 428 valence electrons. The van der Waals surface area contributed by atoms with Crippen molar-refractivity contribution in [3.8, 4) is 0 Å². The third-order valence-electron chi connectivity index (χ3n) is 14.0. The van der Waals surface area contributed by atoms with Crippen molar-refractivity contribution in [2.45, 2.75) is 302 Å². The molecule has 0 heterocycles. The number of phosphoric ester groups is 1. The molecule has 0 spiro atoms. The number of phosphoric acid groups is 1. The number of likely N-dealkylation sites (N-methyl/N-ethyl adjacent to an activating group) is 1. The maximum atomic E-state index is 13.0. The molecule has 0 rings (SSSR count). The molecule has 0 aromatic heterocycles. The number of allylic oxidation sites excluding steroid dienone is 10. The summed E-state index contributed by atoms with van der Waals surface area (Å²) in [4.78, 5) is 23.4. The zero-order chi connectivity index (χ0) is 53.5. The first-order valence-corrected chi connectivity index (χ1v) is 32.6. The molecule has 0 radical (unpaired) electrons. The molecule has 0 saturated heterocycles. The second-order valence-corrected chi connectivity index (χ2v) is 23.9. The summed E-state index contributed by atoms with van der Waals surface area (Å²) < 4.78 is 23.8. The van der Waals surface area contributed by atoms with Crippen molar-refractivity contribution in [1.29, 1.82) is 0 Å². The molecule has 3 atom stereocenters. The van der Waals surface area contributed by atoms with E-state index in [-0.39, 0.29) is 19.1 Å². The fourth-order valence-electron chi connectivity index (χ4n) is 9.19. The first-order valence-electron chi connectivity index (χ1n) is 31.2. The van der Waals surface area contributed by atoms with Crippen molar-refractivity contribution >= 4 is 13.7 Å². The first kappa shape index (κ1) is 71.2. The maximum Gasteiger partial charge on any atom is 0.472 e. The van der Waals surface area contributed by atoms with Crippen LogP contribution in [0, 0.1) is 0 Å². The van der Waals surface area contributed by atoms with Gasteiger partial charge >= 0.3 is 7.82 Å². The lowest BCUT2D eigenvalue weighted by molar-refractivity contribution is -0.870. The van der Waals surface area contributed by atoms with E-state index in [2.05, 4.69) is 79.9 Å². The van der Waals surface area contributed by atoms with Crippen LogP contribution < -0.4 is 5.32 Å². The molecule has 0 fully saturated rings. The lowest BCUT2D eigenvalue weighted by Crippen LogP contribution is -2.46. The van der Waals surface area contributed by atoms with E-state index in [1.807, 2.05) is 21.1 Å². The highest BCUT2D eigenvalue weighted by Gasteiger charge is 2.28. The summed E-state index contributed by atoms with van der Waals surface area (Å²) in [6.45, 7) is 4.80. The summed E-state index contributed by atoms with van der Waals surface area (Å²) in [6.07, 6.45) is 74.3. The number of quaternary nitrogens is 1. The van der Waals surface area contributed by atoms with Gasteiger partial charge in [-0.2, -0.15) is 0 Å². The Bertz CT molecular complexity index is 1370. The van der Waals surface area contributed by atoms with Gasteiger partial charge < -0.3 is 19.8 Å². The van der Waals surface area contributed by atoms with Gasteiger partial charge in [0.05, 0.1) is 39.9 Å². The number of carbonyl (C=O) groups is 1. The summed E-state index contributed by atoms with van der Waals surface area (Å²) in [5.41, 5.74) is 0. The van der Waals surface area contributed by atoms with Gasteiger partial charge in [0.15, 0.2) is 0 Å². The predicted molar refractivity (Wildman–Crippen MR) is 318 cm³/mol. The Labute approximate surface area is 453 Å². The third-order valence-corrected chi connectivity index (χ3v) is 15.0. The van der Waals surface area contributed by atoms with Crippen molar-refractivity contribution in [3.05, 3.63) is 60.8 Å². The Morgan fingerprint density at radius 3 is 1.21 bits per heavy atom. The van der Waals surface area contributed by atoms with E-state index in [0.29, 0.717) is 23.9 Å². The number of aliphatic hydroxyl groups is 1. The van der Waals surface area contributed by atoms with Crippen LogP contribution in [-0.2, 0) is 18.4 Å². The highest BCUT2D eigenvalue weighted by molar-refractivity contribution is 7.47. The van der Waals surface area contributed by atoms with E-state index < -0.39 is 20.0 Å². The van der Waals surface area contributed by atoms with E-state index in [4.69, 9.17) is 9.05 Å². The van der Waals surface area contributed by atoms with Gasteiger partial charge in [0, 0.05) is 6.42 Å². The Morgan fingerprint density at radius 1 is 0.479 bits per heavy atom. The van der Waals surface area contributed by atoms with E-state index in [1.165, 1.54) is 186 Å². The number of rotatable bonds is 57. The SMILES string of the molecule is CC/C=C\C/C=C\C/C=C\C/C=C\C/C=C\CCCCCCCCCCCC(=O)NC(COP(=O)(O)OCC[N+](C)(C)C)C(O)CCCCCCCCCCCCCCCCCCCCCCCCCCCC. The van der Waals surface area contributed by atoms with Crippen LogP contribution in [0.15, 0.2) is 60.8 Å². The van der Waals surface area contributed by atoms with Crippen molar-refractivity contribution in [2.75, 3.05) is 40.9 Å². The molecule has 0 aromatic carbocycles. The molecule has 0 aromatic rings. The second-order valence-electron chi connectivity index (χ2n) is 22.4. The van der Waals surface area contributed by atoms with Gasteiger partial charge in [-0.15, -0.1) is 0 Å². The molecule has 8 nitrogen and oxygen atoms in total. The number of carbonyl (C=O) groups excluding carboxylic acids is 1. The molecule has 9 heteroatoms. The van der Waals surface area contributed by atoms with Crippen molar-refractivity contribution in [1.82, 2.24) is 5.32 Å². The first-order chi connectivity index (χ1) is 35.5. The third kappa shape index (κ3) is 57.7. The monoisotopic (exact) mass is 1050 g/mol. The molecule has 3 unspecified atom stereocenters. The average Bonchev–Trinajstić information content (AvgIpc) is 3.35. The van der Waals surface area contributed by atoms with Crippen LogP contribution in [0.4, 0.5) is 0 Å². The number of hydrogen-bond donors (Lipinski definition) is 3. The van der Waals surface area contributed by atoms with Crippen LogP contribution >= 0.6 is 7.82 Å². The highest BCUT2D eigenvalue weighted by Crippen LogP contribution is 2.43. The second kappa shape index (κ2) is 55.0. The molecule has 1 amide bonds. The molecule has 0 aliphatic carbocycles. The Kier molecular flexibility index (Phi) is 53.6. The van der Waals surface area contributed by atoms with Gasteiger partial charge in [0.1, 0.15) is 13.2 Å². The zero-order valence-corrected chi connectivity index (χ0v) is 49.8. The van der Waals surface area contributed by atoms with E-state index in [1.54, 1.807) is 0 Å². The summed E-state index contributed by atoms with van der Waals surface area (Å²) in [5, 5.41) is 14.1.